The van der Waals surface area contributed by atoms with E-state index in [-0.39, 0.29) is 12.0 Å². The molecule has 0 saturated carbocycles. The molecule has 2 aromatic heterocycles. The molecule has 3 aromatic rings. The summed E-state index contributed by atoms with van der Waals surface area (Å²) in [6, 6.07) is 7.16. The number of nitrogen functional groups attached to an aromatic ring is 1. The maximum Gasteiger partial charge on any atom is 0.321 e. The molecule has 4 rings (SSSR count). The predicted octanol–water partition coefficient (Wildman–Crippen LogP) is 2.03. The molecule has 0 spiro atoms. The van der Waals surface area contributed by atoms with Gasteiger partial charge in [-0.15, -0.1) is 11.3 Å². The van der Waals surface area contributed by atoms with E-state index in [1.807, 2.05) is 18.2 Å². The van der Waals surface area contributed by atoms with E-state index >= 15 is 0 Å². The molecule has 0 unspecified atom stereocenters. The maximum atomic E-state index is 12.5. The number of carbonyl (C=O) groups excluding carboxylic acids is 1. The van der Waals surface area contributed by atoms with Crippen molar-refractivity contribution >= 4 is 45.2 Å². The Morgan fingerprint density at radius 3 is 2.85 bits per heavy atom. The third-order valence-corrected chi connectivity index (χ3v) is 5.10. The number of piperazine rings is 1. The van der Waals surface area contributed by atoms with Gasteiger partial charge in [0, 0.05) is 37.9 Å². The van der Waals surface area contributed by atoms with Crippen molar-refractivity contribution in [3.8, 4) is 5.75 Å². The molecule has 1 aromatic carbocycles. The van der Waals surface area contributed by atoms with Crippen LogP contribution in [0.5, 0.6) is 5.75 Å². The first-order valence-electron chi connectivity index (χ1n) is 8.45. The average Bonchev–Trinajstić information content (AvgIpc) is 3.16. The molecule has 0 radical (unpaired) electrons. The highest BCUT2D eigenvalue weighted by molar-refractivity contribution is 7.16. The number of urea groups is 1. The molecule has 9 nitrogen and oxygen atoms in total. The molecule has 0 aliphatic carbocycles. The second-order valence-electron chi connectivity index (χ2n) is 6.05. The Bertz CT molecular complexity index is 969. The molecule has 1 saturated heterocycles. The second kappa shape index (κ2) is 7.23. The second-order valence-corrected chi connectivity index (χ2v) is 6.88. The number of aromatic nitrogens is 3. The van der Waals surface area contributed by atoms with E-state index < -0.39 is 0 Å². The summed E-state index contributed by atoms with van der Waals surface area (Å²) in [5.74, 6) is 1.66. The number of amides is 2. The standard InChI is InChI=1S/C17H19N7O2S/c1-26-12-4-2-3-11(9-12)20-17(25)24-7-5-23(6-8-24)14-13-15(27-10-19-13)22-16(18)21-14/h2-4,9-10H,5-8H2,1H3,(H,20,25)(H2,18,21,22). The lowest BCUT2D eigenvalue weighted by Gasteiger charge is -2.35. The van der Waals surface area contributed by atoms with E-state index in [9.17, 15) is 4.79 Å². The summed E-state index contributed by atoms with van der Waals surface area (Å²) in [6.07, 6.45) is 0. The van der Waals surface area contributed by atoms with Gasteiger partial charge in [0.05, 0.1) is 12.6 Å². The first kappa shape index (κ1) is 17.3. The summed E-state index contributed by atoms with van der Waals surface area (Å²) in [5, 5.41) is 2.91. The Morgan fingerprint density at radius 2 is 2.07 bits per heavy atom. The number of ether oxygens (including phenoxy) is 1. The molecule has 1 fully saturated rings. The van der Waals surface area contributed by atoms with Gasteiger partial charge in [0.15, 0.2) is 10.6 Å². The van der Waals surface area contributed by atoms with Crippen LogP contribution in [0.1, 0.15) is 0 Å². The van der Waals surface area contributed by atoms with Gasteiger partial charge in [0.2, 0.25) is 5.95 Å². The fourth-order valence-electron chi connectivity index (χ4n) is 3.01. The monoisotopic (exact) mass is 385 g/mol. The van der Waals surface area contributed by atoms with Gasteiger partial charge in [-0.1, -0.05) is 6.07 Å². The first-order chi connectivity index (χ1) is 13.1. The smallest absolute Gasteiger partial charge is 0.321 e. The molecule has 1 aliphatic rings. The molecular formula is C17H19N7O2S. The summed E-state index contributed by atoms with van der Waals surface area (Å²) >= 11 is 1.44. The number of methoxy groups -OCH3 is 1. The lowest BCUT2D eigenvalue weighted by atomic mass is 10.3. The van der Waals surface area contributed by atoms with E-state index in [0.29, 0.717) is 37.6 Å². The van der Waals surface area contributed by atoms with Crippen LogP contribution in [-0.2, 0) is 0 Å². The molecule has 0 bridgehead atoms. The number of nitrogens with zero attached hydrogens (tertiary/aromatic N) is 5. The number of thiazole rings is 1. The van der Waals surface area contributed by atoms with Crippen LogP contribution < -0.4 is 20.7 Å². The van der Waals surface area contributed by atoms with Gasteiger partial charge in [-0.3, -0.25) is 0 Å². The lowest BCUT2D eigenvalue weighted by molar-refractivity contribution is 0.208. The largest absolute Gasteiger partial charge is 0.497 e. The van der Waals surface area contributed by atoms with Crippen LogP contribution in [-0.4, -0.2) is 59.2 Å². The lowest BCUT2D eigenvalue weighted by Crippen LogP contribution is -2.50. The third-order valence-electron chi connectivity index (χ3n) is 4.38. The number of hydrogen-bond acceptors (Lipinski definition) is 8. The number of nitrogens with one attached hydrogen (secondary N) is 1. The average molecular weight is 385 g/mol. The van der Waals surface area contributed by atoms with Gasteiger partial charge in [-0.25, -0.2) is 14.8 Å². The topological polar surface area (TPSA) is 110 Å². The Morgan fingerprint density at radius 1 is 1.26 bits per heavy atom. The molecule has 10 heteroatoms. The summed E-state index contributed by atoms with van der Waals surface area (Å²) < 4.78 is 5.18. The van der Waals surface area contributed by atoms with Crippen molar-refractivity contribution < 1.29 is 9.53 Å². The molecule has 3 heterocycles. The van der Waals surface area contributed by atoms with Gasteiger partial charge in [0.25, 0.3) is 0 Å². The Labute approximate surface area is 159 Å². The van der Waals surface area contributed by atoms with Gasteiger partial charge < -0.3 is 25.6 Å². The molecule has 140 valence electrons. The number of carbonyl (C=O) groups is 1. The summed E-state index contributed by atoms with van der Waals surface area (Å²) in [6.45, 7) is 2.44. The minimum absolute atomic E-state index is 0.135. The van der Waals surface area contributed by atoms with Crippen molar-refractivity contribution in [2.45, 2.75) is 0 Å². The van der Waals surface area contributed by atoms with Gasteiger partial charge in [0.1, 0.15) is 11.3 Å². The number of nitrogens with two attached hydrogens (primary N) is 1. The highest BCUT2D eigenvalue weighted by atomic mass is 32.1. The SMILES string of the molecule is COc1cccc(NC(=O)N2CCN(c3nc(N)nc4scnc34)CC2)c1. The summed E-state index contributed by atoms with van der Waals surface area (Å²) in [7, 11) is 1.60. The van der Waals surface area contributed by atoms with E-state index in [1.165, 1.54) is 11.3 Å². The normalized spacial score (nSPS) is 14.4. The highest BCUT2D eigenvalue weighted by Gasteiger charge is 2.24. The van der Waals surface area contributed by atoms with Crippen LogP contribution in [0.3, 0.4) is 0 Å². The van der Waals surface area contributed by atoms with Crippen molar-refractivity contribution in [2.24, 2.45) is 0 Å². The van der Waals surface area contributed by atoms with Crippen molar-refractivity contribution in [3.05, 3.63) is 29.8 Å². The number of benzene rings is 1. The predicted molar refractivity (Wildman–Crippen MR) is 105 cm³/mol. The minimum atomic E-state index is -0.135. The molecular weight excluding hydrogens is 366 g/mol. The van der Waals surface area contributed by atoms with E-state index in [1.54, 1.807) is 23.6 Å². The molecule has 0 atom stereocenters. The summed E-state index contributed by atoms with van der Waals surface area (Å²) in [4.78, 5) is 30.1. The van der Waals surface area contributed by atoms with Crippen LogP contribution in [0, 0.1) is 0 Å². The zero-order valence-corrected chi connectivity index (χ0v) is 15.6. The van der Waals surface area contributed by atoms with Crippen molar-refractivity contribution in [2.75, 3.05) is 49.2 Å². The first-order valence-corrected chi connectivity index (χ1v) is 9.33. The number of fused-ring (bicyclic) bond motifs is 1. The zero-order valence-electron chi connectivity index (χ0n) is 14.8. The van der Waals surface area contributed by atoms with Crippen LogP contribution in [0.4, 0.5) is 22.2 Å². The third kappa shape index (κ3) is 3.56. The number of anilines is 3. The van der Waals surface area contributed by atoms with E-state index in [4.69, 9.17) is 10.5 Å². The zero-order chi connectivity index (χ0) is 18.8. The quantitative estimate of drug-likeness (QED) is 0.710. The Kier molecular flexibility index (Phi) is 4.63. The van der Waals surface area contributed by atoms with Crippen LogP contribution >= 0.6 is 11.3 Å². The molecule has 1 aliphatic heterocycles. The van der Waals surface area contributed by atoms with Crippen molar-refractivity contribution in [3.63, 3.8) is 0 Å². The Hall–Kier alpha value is -3.14. The van der Waals surface area contributed by atoms with Crippen LogP contribution in [0.25, 0.3) is 10.3 Å². The highest BCUT2D eigenvalue weighted by Crippen LogP contribution is 2.27. The molecule has 3 N–H and O–H groups in total. The minimum Gasteiger partial charge on any atom is -0.497 e. The van der Waals surface area contributed by atoms with Gasteiger partial charge in [-0.2, -0.15) is 4.98 Å². The van der Waals surface area contributed by atoms with E-state index in [2.05, 4.69) is 25.2 Å². The maximum absolute atomic E-state index is 12.5. The number of hydrogen-bond donors (Lipinski definition) is 2. The fourth-order valence-corrected chi connectivity index (χ4v) is 3.67. The van der Waals surface area contributed by atoms with Crippen molar-refractivity contribution in [1.29, 1.82) is 0 Å². The fraction of sp³-hybridized carbons (Fsp3) is 0.294. The number of rotatable bonds is 3. The van der Waals surface area contributed by atoms with Gasteiger partial charge >= 0.3 is 6.03 Å². The van der Waals surface area contributed by atoms with Crippen molar-refractivity contribution in [1.82, 2.24) is 19.9 Å². The van der Waals surface area contributed by atoms with E-state index in [0.717, 1.165) is 16.2 Å². The molecule has 27 heavy (non-hydrogen) atoms. The van der Waals surface area contributed by atoms with Gasteiger partial charge in [-0.05, 0) is 12.1 Å². The summed E-state index contributed by atoms with van der Waals surface area (Å²) in [5.41, 5.74) is 9.01. The molecule has 2 amide bonds. The Balaban J connectivity index is 1.42. The van der Waals surface area contributed by atoms with Crippen LogP contribution in [0.2, 0.25) is 0 Å². The van der Waals surface area contributed by atoms with Crippen LogP contribution in [0.15, 0.2) is 29.8 Å².